The van der Waals surface area contributed by atoms with E-state index in [0.717, 1.165) is 37.8 Å². The van der Waals surface area contributed by atoms with Crippen LogP contribution in [0.3, 0.4) is 0 Å². The molecule has 1 amide bonds. The zero-order chi connectivity index (χ0) is 13.7. The van der Waals surface area contributed by atoms with E-state index in [9.17, 15) is 4.79 Å². The van der Waals surface area contributed by atoms with Gasteiger partial charge >= 0.3 is 0 Å². The summed E-state index contributed by atoms with van der Waals surface area (Å²) in [5.41, 5.74) is 6.80. The molecule has 0 aliphatic heterocycles. The van der Waals surface area contributed by atoms with Crippen molar-refractivity contribution in [2.24, 2.45) is 17.6 Å². The Bertz CT molecular complexity index is 428. The number of carbonyl (C=O) groups is 1. The van der Waals surface area contributed by atoms with Crippen molar-refractivity contribution in [1.82, 2.24) is 10.3 Å². The van der Waals surface area contributed by atoms with E-state index in [4.69, 9.17) is 5.73 Å². The molecule has 4 nitrogen and oxygen atoms in total. The maximum absolute atomic E-state index is 12.1. The summed E-state index contributed by atoms with van der Waals surface area (Å²) in [7, 11) is 0. The lowest BCUT2D eigenvalue weighted by molar-refractivity contribution is -0.125. The molecule has 7 heteroatoms. The fraction of sp³-hybridized carbons (Fsp3) is 0.714. The van der Waals surface area contributed by atoms with Crippen LogP contribution in [0.4, 0.5) is 0 Å². The summed E-state index contributed by atoms with van der Waals surface area (Å²) in [5.74, 6) is 0.691. The van der Waals surface area contributed by atoms with Gasteiger partial charge in [-0.2, -0.15) is 0 Å². The van der Waals surface area contributed by atoms with E-state index in [1.54, 1.807) is 11.3 Å². The minimum absolute atomic E-state index is 0. The number of hydrogen-bond acceptors (Lipinski definition) is 4. The molecule has 1 heterocycles. The van der Waals surface area contributed by atoms with E-state index >= 15 is 0 Å². The smallest absolute Gasteiger partial charge is 0.223 e. The van der Waals surface area contributed by atoms with Gasteiger partial charge < -0.3 is 11.1 Å². The van der Waals surface area contributed by atoms with Crippen LogP contribution in [-0.4, -0.2) is 24.0 Å². The van der Waals surface area contributed by atoms with E-state index in [-0.39, 0.29) is 36.6 Å². The van der Waals surface area contributed by atoms with Gasteiger partial charge in [-0.1, -0.05) is 13.3 Å². The molecule has 21 heavy (non-hydrogen) atoms. The van der Waals surface area contributed by atoms with Crippen LogP contribution in [-0.2, 0) is 17.6 Å². The zero-order valence-electron chi connectivity index (χ0n) is 12.3. The Kier molecular flexibility index (Phi) is 10.2. The van der Waals surface area contributed by atoms with Gasteiger partial charge in [0.1, 0.15) is 0 Å². The van der Waals surface area contributed by atoms with Crippen LogP contribution in [0, 0.1) is 11.8 Å². The lowest BCUT2D eigenvalue weighted by Gasteiger charge is -2.17. The van der Waals surface area contributed by atoms with Gasteiger partial charge in [-0.05, 0) is 31.7 Å². The second kappa shape index (κ2) is 10.4. The summed E-state index contributed by atoms with van der Waals surface area (Å²) in [4.78, 5) is 16.6. The molecule has 122 valence electrons. The number of rotatable bonds is 6. The number of halogens is 2. The Hall–Kier alpha value is -0.360. The van der Waals surface area contributed by atoms with Crippen LogP contribution >= 0.6 is 36.2 Å². The average molecular weight is 354 g/mol. The van der Waals surface area contributed by atoms with Gasteiger partial charge in [-0.25, -0.2) is 4.98 Å². The van der Waals surface area contributed by atoms with E-state index < -0.39 is 0 Å². The molecular weight excluding hydrogens is 329 g/mol. The number of carbonyl (C=O) groups excluding carboxylic acids is 1. The van der Waals surface area contributed by atoms with Crippen LogP contribution < -0.4 is 11.1 Å². The first-order valence-corrected chi connectivity index (χ1v) is 8.03. The topological polar surface area (TPSA) is 68.0 Å². The predicted molar refractivity (Wildman–Crippen MR) is 92.6 cm³/mol. The molecule has 0 bridgehead atoms. The Labute approximate surface area is 143 Å². The number of thiazole rings is 1. The largest absolute Gasteiger partial charge is 0.355 e. The monoisotopic (exact) mass is 353 g/mol. The third kappa shape index (κ3) is 5.74. The Morgan fingerprint density at radius 3 is 2.86 bits per heavy atom. The summed E-state index contributed by atoms with van der Waals surface area (Å²) >= 11 is 1.70. The molecular formula is C14H25Cl2N3OS. The first kappa shape index (κ1) is 20.6. The Morgan fingerprint density at radius 1 is 1.48 bits per heavy atom. The summed E-state index contributed by atoms with van der Waals surface area (Å²) in [6.07, 6.45) is 5.02. The second-order valence-corrected chi connectivity index (χ2v) is 6.10. The SMILES string of the molecule is CCc1nc(CCNC(=O)[C@@H]2CCC[C@@H]2CN)cs1.Cl.Cl. The molecule has 2 rings (SSSR count). The summed E-state index contributed by atoms with van der Waals surface area (Å²) in [6, 6.07) is 0. The van der Waals surface area contributed by atoms with Crippen LogP contribution in [0.5, 0.6) is 0 Å². The molecule has 1 saturated carbocycles. The Balaban J connectivity index is 0.00000200. The molecule has 0 spiro atoms. The van der Waals surface area contributed by atoms with Crippen LogP contribution in [0.2, 0.25) is 0 Å². The minimum atomic E-state index is 0. The fourth-order valence-corrected chi connectivity index (χ4v) is 3.51. The van der Waals surface area contributed by atoms with Gasteiger partial charge in [0.15, 0.2) is 0 Å². The third-order valence-electron chi connectivity index (χ3n) is 3.88. The molecule has 1 aromatic rings. The highest BCUT2D eigenvalue weighted by Crippen LogP contribution is 2.30. The number of aryl methyl sites for hydroxylation is 1. The van der Waals surface area contributed by atoms with Crippen molar-refractivity contribution in [3.05, 3.63) is 16.1 Å². The van der Waals surface area contributed by atoms with Crippen molar-refractivity contribution >= 4 is 42.1 Å². The van der Waals surface area contributed by atoms with Crippen molar-refractivity contribution in [2.75, 3.05) is 13.1 Å². The van der Waals surface area contributed by atoms with Gasteiger partial charge in [-0.15, -0.1) is 36.2 Å². The quantitative estimate of drug-likeness (QED) is 0.825. The van der Waals surface area contributed by atoms with E-state index in [0.29, 0.717) is 19.0 Å². The van der Waals surface area contributed by atoms with E-state index in [1.165, 1.54) is 5.01 Å². The van der Waals surface area contributed by atoms with E-state index in [2.05, 4.69) is 22.6 Å². The highest BCUT2D eigenvalue weighted by Gasteiger charge is 2.31. The molecule has 3 N–H and O–H groups in total. The number of aromatic nitrogens is 1. The Morgan fingerprint density at radius 2 is 2.24 bits per heavy atom. The maximum atomic E-state index is 12.1. The standard InChI is InChI=1S/C14H23N3OS.2ClH/c1-2-13-17-11(9-19-13)6-7-16-14(18)12-5-3-4-10(12)8-15;;/h9-10,12H,2-8,15H2,1H3,(H,16,18);2*1H/t10-,12-;;/m1../s1. The predicted octanol–water partition coefficient (Wildman–Crippen LogP) is 2.58. The molecule has 0 saturated heterocycles. The normalized spacial score (nSPS) is 20.5. The number of nitrogens with zero attached hydrogens (tertiary/aromatic N) is 1. The summed E-state index contributed by atoms with van der Waals surface area (Å²) in [6.45, 7) is 3.42. The molecule has 0 unspecified atom stereocenters. The fourth-order valence-electron chi connectivity index (χ4n) is 2.74. The molecule has 1 aliphatic carbocycles. The first-order valence-electron chi connectivity index (χ1n) is 7.15. The van der Waals surface area contributed by atoms with Crippen molar-refractivity contribution < 1.29 is 4.79 Å². The summed E-state index contributed by atoms with van der Waals surface area (Å²) in [5, 5.41) is 6.29. The second-order valence-electron chi connectivity index (χ2n) is 5.16. The summed E-state index contributed by atoms with van der Waals surface area (Å²) < 4.78 is 0. The van der Waals surface area contributed by atoms with Crippen LogP contribution in [0.25, 0.3) is 0 Å². The number of nitrogens with two attached hydrogens (primary N) is 1. The van der Waals surface area contributed by atoms with Gasteiger partial charge in [-0.3, -0.25) is 4.79 Å². The lowest BCUT2D eigenvalue weighted by Crippen LogP contribution is -2.36. The van der Waals surface area contributed by atoms with Crippen molar-refractivity contribution in [1.29, 1.82) is 0 Å². The van der Waals surface area contributed by atoms with Crippen molar-refractivity contribution in [3.63, 3.8) is 0 Å². The highest BCUT2D eigenvalue weighted by molar-refractivity contribution is 7.09. The molecule has 1 aliphatic rings. The van der Waals surface area contributed by atoms with E-state index in [1.807, 2.05) is 0 Å². The van der Waals surface area contributed by atoms with Gasteiger partial charge in [0.2, 0.25) is 5.91 Å². The molecule has 0 radical (unpaired) electrons. The number of amides is 1. The molecule has 0 aromatic carbocycles. The molecule has 1 fully saturated rings. The maximum Gasteiger partial charge on any atom is 0.223 e. The lowest BCUT2D eigenvalue weighted by atomic mass is 9.95. The third-order valence-corrected chi connectivity index (χ3v) is 4.92. The zero-order valence-corrected chi connectivity index (χ0v) is 14.8. The average Bonchev–Trinajstić information content (AvgIpc) is 3.06. The number of nitrogens with one attached hydrogen (secondary N) is 1. The van der Waals surface area contributed by atoms with Crippen molar-refractivity contribution in [2.45, 2.75) is 39.0 Å². The number of hydrogen-bond donors (Lipinski definition) is 2. The van der Waals surface area contributed by atoms with Gasteiger partial charge in [0, 0.05) is 24.3 Å². The molecule has 1 aromatic heterocycles. The van der Waals surface area contributed by atoms with Crippen molar-refractivity contribution in [3.8, 4) is 0 Å². The minimum Gasteiger partial charge on any atom is -0.355 e. The van der Waals surface area contributed by atoms with Gasteiger partial charge in [0.25, 0.3) is 0 Å². The highest BCUT2D eigenvalue weighted by atomic mass is 35.5. The van der Waals surface area contributed by atoms with Crippen LogP contribution in [0.15, 0.2) is 5.38 Å². The van der Waals surface area contributed by atoms with Crippen LogP contribution in [0.1, 0.15) is 36.9 Å². The molecule has 2 atom stereocenters. The first-order chi connectivity index (χ1) is 9.24. The van der Waals surface area contributed by atoms with Gasteiger partial charge in [0.05, 0.1) is 10.7 Å².